The third-order valence-corrected chi connectivity index (χ3v) is 5.10. The predicted octanol–water partition coefficient (Wildman–Crippen LogP) is 3.49. The van der Waals surface area contributed by atoms with Gasteiger partial charge in [-0.3, -0.25) is 0 Å². The van der Waals surface area contributed by atoms with Gasteiger partial charge >= 0.3 is 0 Å². The summed E-state index contributed by atoms with van der Waals surface area (Å²) in [6.45, 7) is 1.32. The molecule has 3 saturated carbocycles. The minimum absolute atomic E-state index is 0.817. The quantitative estimate of drug-likeness (QED) is 0.747. The SMILES string of the molecule is C1CCC2(C1)CCC(NCC1CC1)CC2. The van der Waals surface area contributed by atoms with Crippen molar-refractivity contribution in [3.63, 3.8) is 0 Å². The van der Waals surface area contributed by atoms with E-state index in [9.17, 15) is 0 Å². The number of nitrogens with one attached hydrogen (secondary N) is 1. The van der Waals surface area contributed by atoms with Gasteiger partial charge in [0.2, 0.25) is 0 Å². The standard InChI is InChI=1S/C14H25N/c1-2-8-14(7-1)9-5-13(6-10-14)15-11-12-3-4-12/h12-13,15H,1-11H2. The molecule has 3 fully saturated rings. The van der Waals surface area contributed by atoms with E-state index in [0.717, 1.165) is 17.4 Å². The summed E-state index contributed by atoms with van der Waals surface area (Å²) in [6, 6.07) is 0.872. The Kier molecular flexibility index (Phi) is 2.76. The van der Waals surface area contributed by atoms with Gasteiger partial charge in [0.15, 0.2) is 0 Å². The molecular weight excluding hydrogens is 182 g/mol. The molecule has 0 amide bonds. The molecule has 3 aliphatic rings. The van der Waals surface area contributed by atoms with Crippen molar-refractivity contribution in [1.82, 2.24) is 5.32 Å². The van der Waals surface area contributed by atoms with Gasteiger partial charge in [-0.2, -0.15) is 0 Å². The molecule has 1 spiro atoms. The largest absolute Gasteiger partial charge is 0.314 e. The fourth-order valence-electron chi connectivity index (χ4n) is 3.71. The molecule has 1 heteroatoms. The Morgan fingerprint density at radius 1 is 0.867 bits per heavy atom. The van der Waals surface area contributed by atoms with Crippen molar-refractivity contribution in [2.75, 3.05) is 6.54 Å². The van der Waals surface area contributed by atoms with Crippen molar-refractivity contribution in [2.24, 2.45) is 11.3 Å². The van der Waals surface area contributed by atoms with E-state index in [1.807, 2.05) is 0 Å². The van der Waals surface area contributed by atoms with Crippen LogP contribution in [0.3, 0.4) is 0 Å². The molecule has 0 aliphatic heterocycles. The second-order valence-corrected chi connectivity index (χ2v) is 6.33. The van der Waals surface area contributed by atoms with E-state index < -0.39 is 0 Å². The smallest absolute Gasteiger partial charge is 0.00675 e. The third kappa shape index (κ3) is 2.38. The van der Waals surface area contributed by atoms with Gasteiger partial charge in [-0.1, -0.05) is 12.8 Å². The van der Waals surface area contributed by atoms with Gasteiger partial charge in [0.25, 0.3) is 0 Å². The summed E-state index contributed by atoms with van der Waals surface area (Å²) < 4.78 is 0. The molecule has 1 N–H and O–H groups in total. The summed E-state index contributed by atoms with van der Waals surface area (Å²) >= 11 is 0. The normalized spacial score (nSPS) is 31.2. The van der Waals surface area contributed by atoms with E-state index >= 15 is 0 Å². The zero-order valence-corrected chi connectivity index (χ0v) is 9.93. The third-order valence-electron chi connectivity index (χ3n) is 5.10. The van der Waals surface area contributed by atoms with Crippen LogP contribution in [0.2, 0.25) is 0 Å². The second-order valence-electron chi connectivity index (χ2n) is 6.33. The summed E-state index contributed by atoms with van der Waals surface area (Å²) in [6.07, 6.45) is 15.1. The van der Waals surface area contributed by atoms with Crippen molar-refractivity contribution in [3.05, 3.63) is 0 Å². The van der Waals surface area contributed by atoms with Crippen LogP contribution in [0.5, 0.6) is 0 Å². The minimum Gasteiger partial charge on any atom is -0.314 e. The number of rotatable bonds is 3. The molecule has 0 aromatic heterocycles. The molecule has 3 rings (SSSR count). The summed E-state index contributed by atoms with van der Waals surface area (Å²) in [5.41, 5.74) is 0.817. The maximum Gasteiger partial charge on any atom is 0.00675 e. The number of hydrogen-bond acceptors (Lipinski definition) is 1. The zero-order valence-electron chi connectivity index (χ0n) is 9.93. The monoisotopic (exact) mass is 207 g/mol. The molecule has 0 aromatic carbocycles. The Labute approximate surface area is 94.0 Å². The first kappa shape index (κ1) is 10.1. The van der Waals surface area contributed by atoms with Crippen LogP contribution in [-0.4, -0.2) is 12.6 Å². The summed E-state index contributed by atoms with van der Waals surface area (Å²) in [5, 5.41) is 3.79. The lowest BCUT2D eigenvalue weighted by Crippen LogP contribution is -2.37. The molecule has 0 bridgehead atoms. The van der Waals surface area contributed by atoms with Crippen LogP contribution in [0.25, 0.3) is 0 Å². The average Bonchev–Trinajstić information content (AvgIpc) is 2.99. The van der Waals surface area contributed by atoms with Gasteiger partial charge < -0.3 is 5.32 Å². The van der Waals surface area contributed by atoms with Crippen molar-refractivity contribution in [3.8, 4) is 0 Å². The van der Waals surface area contributed by atoms with E-state index in [1.165, 1.54) is 57.9 Å². The molecule has 3 aliphatic carbocycles. The number of hydrogen-bond donors (Lipinski definition) is 1. The molecular formula is C14H25N. The molecule has 0 radical (unpaired) electrons. The molecule has 0 unspecified atom stereocenters. The Balaban J connectivity index is 1.43. The highest BCUT2D eigenvalue weighted by Crippen LogP contribution is 2.48. The lowest BCUT2D eigenvalue weighted by atomic mass is 9.71. The van der Waals surface area contributed by atoms with Crippen LogP contribution in [0, 0.1) is 11.3 Å². The minimum atomic E-state index is 0.817. The van der Waals surface area contributed by atoms with Gasteiger partial charge in [0.05, 0.1) is 0 Å². The van der Waals surface area contributed by atoms with Crippen molar-refractivity contribution >= 4 is 0 Å². The zero-order chi connectivity index (χ0) is 10.1. The Bertz CT molecular complexity index is 203. The van der Waals surface area contributed by atoms with Crippen molar-refractivity contribution in [2.45, 2.75) is 70.3 Å². The first-order valence-electron chi connectivity index (χ1n) is 7.10. The van der Waals surface area contributed by atoms with E-state index in [2.05, 4.69) is 5.32 Å². The van der Waals surface area contributed by atoms with Crippen LogP contribution >= 0.6 is 0 Å². The summed E-state index contributed by atoms with van der Waals surface area (Å²) in [7, 11) is 0. The highest BCUT2D eigenvalue weighted by atomic mass is 14.9. The maximum absolute atomic E-state index is 3.79. The fourth-order valence-corrected chi connectivity index (χ4v) is 3.71. The molecule has 0 atom stereocenters. The summed E-state index contributed by atoms with van der Waals surface area (Å²) in [4.78, 5) is 0. The molecule has 15 heavy (non-hydrogen) atoms. The molecule has 0 aromatic rings. The van der Waals surface area contributed by atoms with E-state index in [1.54, 1.807) is 12.8 Å². The van der Waals surface area contributed by atoms with Crippen molar-refractivity contribution in [1.29, 1.82) is 0 Å². The van der Waals surface area contributed by atoms with E-state index in [4.69, 9.17) is 0 Å². The van der Waals surface area contributed by atoms with Gasteiger partial charge in [0, 0.05) is 6.04 Å². The van der Waals surface area contributed by atoms with Crippen LogP contribution in [-0.2, 0) is 0 Å². The lowest BCUT2D eigenvalue weighted by molar-refractivity contribution is 0.168. The van der Waals surface area contributed by atoms with Gasteiger partial charge in [0.1, 0.15) is 0 Å². The van der Waals surface area contributed by atoms with Crippen LogP contribution in [0.4, 0.5) is 0 Å². The van der Waals surface area contributed by atoms with Crippen molar-refractivity contribution < 1.29 is 0 Å². The topological polar surface area (TPSA) is 12.0 Å². The molecule has 1 nitrogen and oxygen atoms in total. The Morgan fingerprint density at radius 2 is 1.53 bits per heavy atom. The second kappa shape index (κ2) is 4.08. The molecule has 86 valence electrons. The van der Waals surface area contributed by atoms with E-state index in [0.29, 0.717) is 0 Å². The first-order valence-corrected chi connectivity index (χ1v) is 7.10. The molecule has 0 saturated heterocycles. The summed E-state index contributed by atoms with van der Waals surface area (Å²) in [5.74, 6) is 1.05. The van der Waals surface area contributed by atoms with Gasteiger partial charge in [-0.05, 0) is 69.2 Å². The van der Waals surface area contributed by atoms with Crippen LogP contribution < -0.4 is 5.32 Å². The maximum atomic E-state index is 3.79. The lowest BCUT2D eigenvalue weighted by Gasteiger charge is -2.37. The van der Waals surface area contributed by atoms with Gasteiger partial charge in [-0.15, -0.1) is 0 Å². The van der Waals surface area contributed by atoms with Crippen LogP contribution in [0.15, 0.2) is 0 Å². The Hall–Kier alpha value is -0.0400. The van der Waals surface area contributed by atoms with Gasteiger partial charge in [-0.25, -0.2) is 0 Å². The fraction of sp³-hybridized carbons (Fsp3) is 1.00. The van der Waals surface area contributed by atoms with Crippen LogP contribution in [0.1, 0.15) is 64.2 Å². The predicted molar refractivity (Wildman–Crippen MR) is 63.9 cm³/mol. The van der Waals surface area contributed by atoms with E-state index in [-0.39, 0.29) is 0 Å². The molecule has 0 heterocycles. The highest BCUT2D eigenvalue weighted by Gasteiger charge is 2.37. The average molecular weight is 207 g/mol. The Morgan fingerprint density at radius 3 is 2.13 bits per heavy atom. The highest BCUT2D eigenvalue weighted by molar-refractivity contribution is 4.91. The first-order chi connectivity index (χ1) is 7.36.